The summed E-state index contributed by atoms with van der Waals surface area (Å²) in [5.41, 5.74) is 5.99. The highest BCUT2D eigenvalue weighted by Crippen LogP contribution is 2.24. The summed E-state index contributed by atoms with van der Waals surface area (Å²) in [6.07, 6.45) is 7.40. The zero-order chi connectivity index (χ0) is 9.68. The van der Waals surface area contributed by atoms with E-state index in [1.54, 1.807) is 0 Å². The van der Waals surface area contributed by atoms with E-state index in [4.69, 9.17) is 5.73 Å². The summed E-state index contributed by atoms with van der Waals surface area (Å²) in [5.74, 6) is 0.569. The molecule has 2 unspecified atom stereocenters. The highest BCUT2D eigenvalue weighted by atomic mass is 16.1. The van der Waals surface area contributed by atoms with Gasteiger partial charge in [-0.15, -0.1) is 0 Å². The molecule has 1 aliphatic rings. The summed E-state index contributed by atoms with van der Waals surface area (Å²) in [5, 5.41) is 0. The first-order valence-electron chi connectivity index (χ1n) is 5.54. The first-order valence-corrected chi connectivity index (χ1v) is 5.54. The van der Waals surface area contributed by atoms with Gasteiger partial charge in [0, 0.05) is 18.4 Å². The Bertz CT molecular complexity index is 167. The normalized spacial score (nSPS) is 29.7. The van der Waals surface area contributed by atoms with Crippen molar-refractivity contribution in [1.82, 2.24) is 0 Å². The molecule has 0 saturated heterocycles. The van der Waals surface area contributed by atoms with Crippen LogP contribution in [0.15, 0.2) is 0 Å². The molecule has 1 aliphatic carbocycles. The van der Waals surface area contributed by atoms with Gasteiger partial charge in [-0.1, -0.05) is 26.2 Å². The fourth-order valence-corrected chi connectivity index (χ4v) is 2.17. The fraction of sp³-hybridized carbons (Fsp3) is 0.909. The third-order valence-corrected chi connectivity index (χ3v) is 2.98. The fourth-order valence-electron chi connectivity index (χ4n) is 2.17. The molecule has 2 N–H and O–H groups in total. The molecule has 2 heteroatoms. The van der Waals surface area contributed by atoms with Crippen LogP contribution in [-0.4, -0.2) is 11.8 Å². The highest BCUT2D eigenvalue weighted by Gasteiger charge is 2.25. The second-order valence-electron chi connectivity index (χ2n) is 4.12. The smallest absolute Gasteiger partial charge is 0.137 e. The Balaban J connectivity index is 2.48. The molecule has 0 amide bonds. The van der Waals surface area contributed by atoms with Crippen molar-refractivity contribution in [3.63, 3.8) is 0 Å². The van der Waals surface area contributed by atoms with E-state index in [-0.39, 0.29) is 12.0 Å². The van der Waals surface area contributed by atoms with Gasteiger partial charge in [0.2, 0.25) is 0 Å². The molecule has 0 spiro atoms. The summed E-state index contributed by atoms with van der Waals surface area (Å²) >= 11 is 0. The summed E-state index contributed by atoms with van der Waals surface area (Å²) in [4.78, 5) is 11.7. The predicted octanol–water partition coefficient (Wildman–Crippen LogP) is 2.26. The minimum Gasteiger partial charge on any atom is -0.327 e. The maximum absolute atomic E-state index is 11.7. The Kier molecular flexibility index (Phi) is 4.43. The second kappa shape index (κ2) is 5.38. The van der Waals surface area contributed by atoms with Gasteiger partial charge in [-0.25, -0.2) is 0 Å². The number of carbonyl (C=O) groups excluding carboxylic acids is 1. The van der Waals surface area contributed by atoms with Crippen molar-refractivity contribution in [2.24, 2.45) is 11.7 Å². The molecule has 2 nitrogen and oxygen atoms in total. The van der Waals surface area contributed by atoms with E-state index in [0.29, 0.717) is 5.78 Å². The van der Waals surface area contributed by atoms with Gasteiger partial charge in [-0.2, -0.15) is 0 Å². The maximum atomic E-state index is 11.7. The lowest BCUT2D eigenvalue weighted by Crippen LogP contribution is -2.34. The van der Waals surface area contributed by atoms with Crippen molar-refractivity contribution in [3.8, 4) is 0 Å². The first kappa shape index (κ1) is 10.7. The van der Waals surface area contributed by atoms with E-state index in [1.807, 2.05) is 0 Å². The number of nitrogens with two attached hydrogens (primary N) is 1. The largest absolute Gasteiger partial charge is 0.327 e. The van der Waals surface area contributed by atoms with Crippen molar-refractivity contribution in [3.05, 3.63) is 0 Å². The molecule has 0 aromatic rings. The molecule has 0 radical (unpaired) electrons. The SMILES string of the molecule is CCCC(=O)C1CCCCCC1N. The third kappa shape index (κ3) is 3.11. The summed E-state index contributed by atoms with van der Waals surface area (Å²) < 4.78 is 0. The maximum Gasteiger partial charge on any atom is 0.137 e. The van der Waals surface area contributed by atoms with Crippen molar-refractivity contribution < 1.29 is 4.79 Å². The van der Waals surface area contributed by atoms with Gasteiger partial charge in [0.25, 0.3) is 0 Å². The molecular formula is C11H21NO. The van der Waals surface area contributed by atoms with Crippen LogP contribution in [-0.2, 0) is 4.79 Å². The molecular weight excluding hydrogens is 162 g/mol. The van der Waals surface area contributed by atoms with Crippen LogP contribution in [0.25, 0.3) is 0 Å². The molecule has 1 saturated carbocycles. The van der Waals surface area contributed by atoms with Crippen LogP contribution in [0.4, 0.5) is 0 Å². The third-order valence-electron chi connectivity index (χ3n) is 2.98. The molecule has 76 valence electrons. The molecule has 0 heterocycles. The van der Waals surface area contributed by atoms with Crippen LogP contribution >= 0.6 is 0 Å². The Morgan fingerprint density at radius 2 is 2.00 bits per heavy atom. The van der Waals surface area contributed by atoms with Gasteiger partial charge in [-0.05, 0) is 19.3 Å². The Morgan fingerprint density at radius 1 is 1.31 bits per heavy atom. The summed E-state index contributed by atoms with van der Waals surface area (Å²) in [6.45, 7) is 2.06. The molecule has 1 fully saturated rings. The van der Waals surface area contributed by atoms with E-state index in [0.717, 1.165) is 25.7 Å². The topological polar surface area (TPSA) is 43.1 Å². The van der Waals surface area contributed by atoms with Gasteiger partial charge >= 0.3 is 0 Å². The minimum atomic E-state index is 0.140. The predicted molar refractivity (Wildman–Crippen MR) is 54.5 cm³/mol. The van der Waals surface area contributed by atoms with E-state index >= 15 is 0 Å². The van der Waals surface area contributed by atoms with Crippen LogP contribution in [0, 0.1) is 5.92 Å². The highest BCUT2D eigenvalue weighted by molar-refractivity contribution is 5.81. The average Bonchev–Trinajstić information content (AvgIpc) is 2.30. The standard InChI is InChI=1S/C11H21NO/c1-2-6-11(13)9-7-4-3-5-8-10(9)12/h9-10H,2-8,12H2,1H3. The molecule has 13 heavy (non-hydrogen) atoms. The van der Waals surface area contributed by atoms with Crippen LogP contribution in [0.1, 0.15) is 51.9 Å². The van der Waals surface area contributed by atoms with Crippen LogP contribution < -0.4 is 5.73 Å². The zero-order valence-electron chi connectivity index (χ0n) is 8.59. The van der Waals surface area contributed by atoms with Gasteiger partial charge in [-0.3, -0.25) is 4.79 Å². The van der Waals surface area contributed by atoms with E-state index in [2.05, 4.69) is 6.92 Å². The Morgan fingerprint density at radius 3 is 2.69 bits per heavy atom. The lowest BCUT2D eigenvalue weighted by Gasteiger charge is -2.19. The van der Waals surface area contributed by atoms with Gasteiger partial charge in [0.15, 0.2) is 0 Å². The summed E-state index contributed by atoms with van der Waals surface area (Å²) in [6, 6.07) is 0.140. The number of hydrogen-bond donors (Lipinski definition) is 1. The van der Waals surface area contributed by atoms with Crippen molar-refractivity contribution in [2.45, 2.75) is 57.9 Å². The van der Waals surface area contributed by atoms with Gasteiger partial charge < -0.3 is 5.73 Å². The Hall–Kier alpha value is -0.370. The second-order valence-corrected chi connectivity index (χ2v) is 4.12. The van der Waals surface area contributed by atoms with Crippen molar-refractivity contribution in [1.29, 1.82) is 0 Å². The molecule has 0 aliphatic heterocycles. The summed E-state index contributed by atoms with van der Waals surface area (Å²) in [7, 11) is 0. The first-order chi connectivity index (χ1) is 6.25. The van der Waals surface area contributed by atoms with Gasteiger partial charge in [0.05, 0.1) is 0 Å². The monoisotopic (exact) mass is 183 g/mol. The van der Waals surface area contributed by atoms with Crippen LogP contribution in [0.2, 0.25) is 0 Å². The van der Waals surface area contributed by atoms with Crippen molar-refractivity contribution in [2.75, 3.05) is 0 Å². The lowest BCUT2D eigenvalue weighted by molar-refractivity contribution is -0.123. The average molecular weight is 183 g/mol. The molecule has 2 atom stereocenters. The Labute approximate surface area is 80.9 Å². The quantitative estimate of drug-likeness (QED) is 0.682. The van der Waals surface area contributed by atoms with Crippen LogP contribution in [0.3, 0.4) is 0 Å². The van der Waals surface area contributed by atoms with Crippen LogP contribution in [0.5, 0.6) is 0 Å². The van der Waals surface area contributed by atoms with E-state index < -0.39 is 0 Å². The van der Waals surface area contributed by atoms with E-state index in [1.165, 1.54) is 19.3 Å². The number of rotatable bonds is 3. The van der Waals surface area contributed by atoms with Gasteiger partial charge in [0.1, 0.15) is 5.78 Å². The minimum absolute atomic E-state index is 0.140. The molecule has 0 aromatic carbocycles. The lowest BCUT2D eigenvalue weighted by atomic mass is 9.89. The number of ketones is 1. The van der Waals surface area contributed by atoms with Crippen molar-refractivity contribution >= 4 is 5.78 Å². The van der Waals surface area contributed by atoms with E-state index in [9.17, 15) is 4.79 Å². The number of carbonyl (C=O) groups is 1. The molecule has 0 bridgehead atoms. The molecule has 1 rings (SSSR count). The zero-order valence-corrected chi connectivity index (χ0v) is 8.59. The number of hydrogen-bond acceptors (Lipinski definition) is 2. The molecule has 0 aromatic heterocycles. The number of Topliss-reactive ketones (excluding diaryl/α,β-unsaturated/α-hetero) is 1.